The quantitative estimate of drug-likeness (QED) is 0.356. The molecule has 1 fully saturated rings. The van der Waals surface area contributed by atoms with Crippen LogP contribution in [0.15, 0.2) is 30.3 Å². The number of quaternary nitrogens is 1. The molecule has 0 bridgehead atoms. The maximum atomic E-state index is 13.8. The first-order chi connectivity index (χ1) is 13.0. The van der Waals surface area contributed by atoms with Gasteiger partial charge in [0.15, 0.2) is 0 Å². The molecule has 1 aliphatic rings. The second kappa shape index (κ2) is 10.2. The Hall–Kier alpha value is -1.39. The molecule has 4 nitrogen and oxygen atoms in total. The lowest BCUT2D eigenvalue weighted by Gasteiger charge is -2.46. The number of rotatable bonds is 10. The Morgan fingerprint density at radius 3 is 2.22 bits per heavy atom. The highest BCUT2D eigenvalue weighted by Gasteiger charge is 2.38. The van der Waals surface area contributed by atoms with Crippen molar-refractivity contribution in [2.45, 2.75) is 64.9 Å². The molecule has 1 aliphatic carbocycles. The maximum absolute atomic E-state index is 13.8. The fourth-order valence-electron chi connectivity index (χ4n) is 4.53. The van der Waals surface area contributed by atoms with Crippen molar-refractivity contribution < 1.29 is 19.1 Å². The molecular formula is C23H37NO3. The molecule has 0 amide bonds. The third-order valence-corrected chi connectivity index (χ3v) is 6.71. The van der Waals surface area contributed by atoms with Crippen molar-refractivity contribution in [2.75, 3.05) is 32.8 Å². The molecule has 1 atom stereocenters. The lowest BCUT2D eigenvalue weighted by Crippen LogP contribution is -2.55. The van der Waals surface area contributed by atoms with Gasteiger partial charge in [0, 0.05) is 12.0 Å². The number of carbonyl (C=O) groups is 1. The average Bonchev–Trinajstić information content (AvgIpc) is 2.75. The Morgan fingerprint density at radius 2 is 1.67 bits per heavy atom. The molecule has 0 saturated heterocycles. The number of hydrogen-bond donors (Lipinski definition) is 0. The lowest BCUT2D eigenvalue weighted by atomic mass is 9.73. The predicted molar refractivity (Wildman–Crippen MR) is 107 cm³/mol. The van der Waals surface area contributed by atoms with Crippen LogP contribution in [-0.2, 0) is 15.1 Å². The van der Waals surface area contributed by atoms with Gasteiger partial charge in [-0.05, 0) is 32.3 Å². The third-order valence-electron chi connectivity index (χ3n) is 6.71. The Morgan fingerprint density at radius 1 is 1.07 bits per heavy atom. The molecule has 0 N–H and O–H groups in total. The highest BCUT2D eigenvalue weighted by molar-refractivity contribution is 5.81. The van der Waals surface area contributed by atoms with Crippen molar-refractivity contribution in [2.24, 2.45) is 5.92 Å². The standard InChI is InChI=1S/C23H37NO3/c1-4-24(5-2,6-3)18-13-19-27-22(25)23(26,20-14-9-7-10-15-20)21-16-11-8-12-17-21/h7,9-10,14-15,21H,4-6,8,11-13,16-19H2,1-3H3. The highest BCUT2D eigenvalue weighted by Crippen LogP contribution is 2.38. The summed E-state index contributed by atoms with van der Waals surface area (Å²) < 4.78 is 6.61. The van der Waals surface area contributed by atoms with Crippen molar-refractivity contribution in [1.82, 2.24) is 0 Å². The van der Waals surface area contributed by atoms with Gasteiger partial charge in [0.25, 0.3) is 5.97 Å². The maximum Gasteiger partial charge on any atom is 0.300 e. The first kappa shape index (κ1) is 21.9. The van der Waals surface area contributed by atoms with Crippen LogP contribution in [0.2, 0.25) is 0 Å². The van der Waals surface area contributed by atoms with Crippen LogP contribution in [0.1, 0.15) is 64.9 Å². The first-order valence-corrected chi connectivity index (χ1v) is 10.8. The molecule has 152 valence electrons. The van der Waals surface area contributed by atoms with E-state index in [1.807, 2.05) is 18.2 Å². The van der Waals surface area contributed by atoms with Gasteiger partial charge in [0.1, 0.15) is 0 Å². The van der Waals surface area contributed by atoms with E-state index in [1.165, 1.54) is 0 Å². The van der Waals surface area contributed by atoms with E-state index in [0.29, 0.717) is 12.2 Å². The monoisotopic (exact) mass is 375 g/mol. The summed E-state index contributed by atoms with van der Waals surface area (Å²) in [6.07, 6.45) is 5.64. The van der Waals surface area contributed by atoms with Crippen molar-refractivity contribution >= 4 is 5.97 Å². The summed E-state index contributed by atoms with van der Waals surface area (Å²) in [5.74, 6) is -0.749. The smallest absolute Gasteiger partial charge is 0.300 e. The van der Waals surface area contributed by atoms with Gasteiger partial charge in [-0.15, -0.1) is 0 Å². The van der Waals surface area contributed by atoms with Crippen LogP contribution in [0, 0.1) is 5.92 Å². The van der Waals surface area contributed by atoms with Gasteiger partial charge < -0.3 is 14.3 Å². The summed E-state index contributed by atoms with van der Waals surface area (Å²) in [5, 5.41) is 13.8. The minimum absolute atomic E-state index is 0.169. The molecule has 0 aliphatic heterocycles. The predicted octanol–water partition coefficient (Wildman–Crippen LogP) is 3.63. The van der Waals surface area contributed by atoms with Gasteiger partial charge in [0.2, 0.25) is 0 Å². The van der Waals surface area contributed by atoms with E-state index in [-0.39, 0.29) is 5.92 Å². The fourth-order valence-corrected chi connectivity index (χ4v) is 4.53. The second-order valence-corrected chi connectivity index (χ2v) is 7.94. The Balaban J connectivity index is 2.04. The molecule has 0 aromatic heterocycles. The van der Waals surface area contributed by atoms with E-state index in [0.717, 1.165) is 69.2 Å². The Bertz CT molecular complexity index is 556. The van der Waals surface area contributed by atoms with Gasteiger partial charge in [0.05, 0.1) is 32.8 Å². The van der Waals surface area contributed by atoms with Gasteiger partial charge in [-0.2, -0.15) is 0 Å². The van der Waals surface area contributed by atoms with Crippen LogP contribution in [0.5, 0.6) is 0 Å². The number of carbonyl (C=O) groups excluding carboxylic acids is 1. The number of ether oxygens (including phenoxy) is 1. The number of benzene rings is 1. The zero-order chi connectivity index (χ0) is 19.8. The van der Waals surface area contributed by atoms with E-state index in [1.54, 1.807) is 12.1 Å². The second-order valence-electron chi connectivity index (χ2n) is 7.94. The number of esters is 1. The fraction of sp³-hybridized carbons (Fsp3) is 0.696. The van der Waals surface area contributed by atoms with Crippen LogP contribution < -0.4 is 5.11 Å². The van der Waals surface area contributed by atoms with Crippen LogP contribution in [0.3, 0.4) is 0 Å². The molecule has 27 heavy (non-hydrogen) atoms. The minimum Gasteiger partial charge on any atom is -0.837 e. The normalized spacial score (nSPS) is 18.1. The zero-order valence-electron chi connectivity index (χ0n) is 17.4. The van der Waals surface area contributed by atoms with E-state index in [9.17, 15) is 9.90 Å². The van der Waals surface area contributed by atoms with Crippen molar-refractivity contribution in [3.63, 3.8) is 0 Å². The van der Waals surface area contributed by atoms with Crippen molar-refractivity contribution in [1.29, 1.82) is 0 Å². The number of hydrogen-bond acceptors (Lipinski definition) is 3. The third kappa shape index (κ3) is 5.11. The molecule has 0 radical (unpaired) electrons. The van der Waals surface area contributed by atoms with Gasteiger partial charge in [-0.25, -0.2) is 0 Å². The van der Waals surface area contributed by atoms with Crippen LogP contribution in [0.4, 0.5) is 0 Å². The molecule has 1 saturated carbocycles. The lowest BCUT2D eigenvalue weighted by molar-refractivity contribution is -0.923. The molecule has 2 rings (SSSR count). The summed E-state index contributed by atoms with van der Waals surface area (Å²) in [4.78, 5) is 13.0. The molecule has 0 heterocycles. The van der Waals surface area contributed by atoms with E-state index < -0.39 is 11.6 Å². The summed E-state index contributed by atoms with van der Waals surface area (Å²) in [5.41, 5.74) is -1.21. The first-order valence-electron chi connectivity index (χ1n) is 10.8. The van der Waals surface area contributed by atoms with E-state index in [2.05, 4.69) is 20.8 Å². The largest absolute Gasteiger partial charge is 0.837 e. The minimum atomic E-state index is -1.77. The summed E-state index contributed by atoms with van der Waals surface area (Å²) in [7, 11) is 0. The highest BCUT2D eigenvalue weighted by atomic mass is 16.5. The van der Waals surface area contributed by atoms with Crippen LogP contribution in [-0.4, -0.2) is 43.2 Å². The summed E-state index contributed by atoms with van der Waals surface area (Å²) >= 11 is 0. The summed E-state index contributed by atoms with van der Waals surface area (Å²) in [6.45, 7) is 11.2. The van der Waals surface area contributed by atoms with E-state index in [4.69, 9.17) is 4.74 Å². The van der Waals surface area contributed by atoms with E-state index >= 15 is 0 Å². The van der Waals surface area contributed by atoms with Gasteiger partial charge >= 0.3 is 0 Å². The van der Waals surface area contributed by atoms with Crippen molar-refractivity contribution in [3.8, 4) is 0 Å². The van der Waals surface area contributed by atoms with Gasteiger partial charge in [-0.3, -0.25) is 4.79 Å². The van der Waals surface area contributed by atoms with Crippen LogP contribution in [0.25, 0.3) is 0 Å². The molecular weight excluding hydrogens is 338 g/mol. The Labute approximate surface area is 165 Å². The Kier molecular flexibility index (Phi) is 8.30. The molecule has 1 aromatic carbocycles. The molecule has 4 heteroatoms. The molecule has 0 spiro atoms. The zero-order valence-corrected chi connectivity index (χ0v) is 17.4. The SMILES string of the molecule is CC[N+](CC)(CC)CCCOC(=O)C([O-])(c1ccccc1)C1CCCCC1. The van der Waals surface area contributed by atoms with Gasteiger partial charge in [-0.1, -0.05) is 62.4 Å². The molecule has 1 unspecified atom stereocenters. The average molecular weight is 376 g/mol. The molecule has 1 aromatic rings. The topological polar surface area (TPSA) is 49.4 Å². The van der Waals surface area contributed by atoms with Crippen molar-refractivity contribution in [3.05, 3.63) is 35.9 Å². The summed E-state index contributed by atoms with van der Waals surface area (Å²) in [6, 6.07) is 9.14. The number of nitrogens with zero attached hydrogens (tertiary/aromatic N) is 1. The van der Waals surface area contributed by atoms with Crippen LogP contribution >= 0.6 is 0 Å².